The van der Waals surface area contributed by atoms with E-state index in [-0.39, 0.29) is 40.9 Å². The molecule has 3 rings (SSSR count). The Morgan fingerprint density at radius 2 is 2.26 bits per heavy atom. The van der Waals surface area contributed by atoms with Crippen molar-refractivity contribution in [1.82, 2.24) is 20.2 Å². The molecule has 1 N–H and O–H groups in total. The van der Waals surface area contributed by atoms with Crippen LogP contribution in [0.2, 0.25) is 5.02 Å². The van der Waals surface area contributed by atoms with E-state index in [1.54, 1.807) is 11.0 Å². The molecule has 0 saturated carbocycles. The third kappa shape index (κ3) is 3.77. The van der Waals surface area contributed by atoms with Crippen LogP contribution in [0.5, 0.6) is 0 Å². The van der Waals surface area contributed by atoms with Gasteiger partial charge in [-0.15, -0.1) is 12.4 Å². The summed E-state index contributed by atoms with van der Waals surface area (Å²) < 4.78 is 13.5. The first-order valence-electron chi connectivity index (χ1n) is 6.89. The van der Waals surface area contributed by atoms with Crippen LogP contribution in [0.25, 0.3) is 0 Å². The number of amides is 1. The smallest absolute Gasteiger partial charge is 0.274 e. The fourth-order valence-corrected chi connectivity index (χ4v) is 2.75. The second-order valence-corrected chi connectivity index (χ2v) is 5.40. The van der Waals surface area contributed by atoms with Gasteiger partial charge in [0.2, 0.25) is 0 Å². The highest BCUT2D eigenvalue weighted by Crippen LogP contribution is 2.25. The Balaban J connectivity index is 0.00000192. The fraction of sp³-hybridized carbons (Fsp3) is 0.267. The molecule has 1 amide bonds. The summed E-state index contributed by atoms with van der Waals surface area (Å²) in [5.74, 6) is -0.598. The summed E-state index contributed by atoms with van der Waals surface area (Å²) in [6.45, 7) is 1.72. The Bertz CT molecular complexity index is 701. The number of hydrogen-bond donors (Lipinski definition) is 1. The minimum Gasteiger partial charge on any atom is -0.328 e. The van der Waals surface area contributed by atoms with Crippen molar-refractivity contribution < 1.29 is 9.18 Å². The van der Waals surface area contributed by atoms with Crippen molar-refractivity contribution >= 4 is 29.9 Å². The van der Waals surface area contributed by atoms with Gasteiger partial charge in [-0.1, -0.05) is 23.7 Å². The summed E-state index contributed by atoms with van der Waals surface area (Å²) >= 11 is 6.01. The van der Waals surface area contributed by atoms with Gasteiger partial charge in [0.15, 0.2) is 0 Å². The summed E-state index contributed by atoms with van der Waals surface area (Å²) in [6, 6.07) is 6.01. The number of aromatic nitrogens is 2. The summed E-state index contributed by atoms with van der Waals surface area (Å²) in [6.07, 6.45) is 2.68. The van der Waals surface area contributed by atoms with E-state index >= 15 is 0 Å². The van der Waals surface area contributed by atoms with Crippen LogP contribution in [0.1, 0.15) is 22.1 Å². The van der Waals surface area contributed by atoms with Crippen LogP contribution in [0.3, 0.4) is 0 Å². The number of rotatable bonds is 2. The van der Waals surface area contributed by atoms with Gasteiger partial charge in [0.1, 0.15) is 17.8 Å². The molecule has 1 aliphatic rings. The van der Waals surface area contributed by atoms with E-state index in [1.165, 1.54) is 24.7 Å². The summed E-state index contributed by atoms with van der Waals surface area (Å²) in [4.78, 5) is 22.1. The molecule has 0 bridgehead atoms. The van der Waals surface area contributed by atoms with Crippen molar-refractivity contribution in [1.29, 1.82) is 0 Å². The maximum absolute atomic E-state index is 13.5. The van der Waals surface area contributed by atoms with Crippen LogP contribution in [0.4, 0.5) is 4.39 Å². The molecule has 1 aliphatic heterocycles. The first kappa shape index (κ1) is 17.6. The third-order valence-electron chi connectivity index (χ3n) is 3.61. The van der Waals surface area contributed by atoms with E-state index in [0.717, 1.165) is 5.56 Å². The fourth-order valence-electron chi connectivity index (χ4n) is 2.57. The quantitative estimate of drug-likeness (QED) is 0.897. The first-order chi connectivity index (χ1) is 10.7. The Morgan fingerprint density at radius 3 is 3.00 bits per heavy atom. The largest absolute Gasteiger partial charge is 0.328 e. The van der Waals surface area contributed by atoms with Gasteiger partial charge in [-0.2, -0.15) is 0 Å². The molecule has 23 heavy (non-hydrogen) atoms. The molecule has 1 fully saturated rings. The molecule has 2 heterocycles. The predicted molar refractivity (Wildman–Crippen MR) is 87.3 cm³/mol. The molecule has 5 nitrogen and oxygen atoms in total. The van der Waals surface area contributed by atoms with Gasteiger partial charge in [0.25, 0.3) is 5.91 Å². The number of halogens is 3. The zero-order valence-corrected chi connectivity index (χ0v) is 13.6. The minimum atomic E-state index is -0.324. The Hall–Kier alpha value is -1.76. The Labute approximate surface area is 144 Å². The number of nitrogens with one attached hydrogen (secondary N) is 1. The molecule has 122 valence electrons. The summed E-state index contributed by atoms with van der Waals surface area (Å²) in [7, 11) is 0. The molecule has 8 heteroatoms. The number of piperazine rings is 1. The van der Waals surface area contributed by atoms with Gasteiger partial charge >= 0.3 is 0 Å². The van der Waals surface area contributed by atoms with Crippen LogP contribution in [0.15, 0.2) is 36.8 Å². The maximum atomic E-state index is 13.5. The van der Waals surface area contributed by atoms with Gasteiger partial charge in [0.05, 0.1) is 11.1 Å². The van der Waals surface area contributed by atoms with Gasteiger partial charge in [0, 0.05) is 25.8 Å². The van der Waals surface area contributed by atoms with Crippen molar-refractivity contribution in [3.8, 4) is 0 Å². The van der Waals surface area contributed by atoms with Crippen molar-refractivity contribution in [2.24, 2.45) is 0 Å². The van der Waals surface area contributed by atoms with E-state index in [4.69, 9.17) is 11.6 Å². The number of carbonyl (C=O) groups is 1. The van der Waals surface area contributed by atoms with Crippen LogP contribution in [-0.4, -0.2) is 40.4 Å². The van der Waals surface area contributed by atoms with E-state index in [1.807, 2.05) is 6.07 Å². The van der Waals surface area contributed by atoms with Crippen molar-refractivity contribution in [3.63, 3.8) is 0 Å². The van der Waals surface area contributed by atoms with Crippen molar-refractivity contribution in [2.75, 3.05) is 19.6 Å². The lowest BCUT2D eigenvalue weighted by molar-refractivity contribution is 0.0628. The van der Waals surface area contributed by atoms with E-state index in [9.17, 15) is 9.18 Å². The average Bonchev–Trinajstić information content (AvgIpc) is 2.55. The van der Waals surface area contributed by atoms with Gasteiger partial charge in [-0.25, -0.2) is 14.4 Å². The van der Waals surface area contributed by atoms with Crippen molar-refractivity contribution in [2.45, 2.75) is 6.04 Å². The molecule has 1 saturated heterocycles. The zero-order chi connectivity index (χ0) is 15.5. The van der Waals surface area contributed by atoms with Gasteiger partial charge in [-0.3, -0.25) is 4.79 Å². The summed E-state index contributed by atoms with van der Waals surface area (Å²) in [5.41, 5.74) is 0.908. The minimum absolute atomic E-state index is 0. The lowest BCUT2D eigenvalue weighted by atomic mass is 10.0. The monoisotopic (exact) mass is 356 g/mol. The highest BCUT2D eigenvalue weighted by Gasteiger charge is 2.30. The van der Waals surface area contributed by atoms with Crippen LogP contribution in [0, 0.1) is 5.82 Å². The lowest BCUT2D eigenvalue weighted by Gasteiger charge is -2.36. The van der Waals surface area contributed by atoms with E-state index < -0.39 is 0 Å². The first-order valence-corrected chi connectivity index (χ1v) is 7.27. The Kier molecular flexibility index (Phi) is 5.87. The topological polar surface area (TPSA) is 58.1 Å². The third-order valence-corrected chi connectivity index (χ3v) is 3.88. The molecule has 1 atom stereocenters. The SMILES string of the molecule is Cl.O=C(c1ncncc1Cl)N1CCNCC1c1cccc(F)c1. The number of hydrogen-bond acceptors (Lipinski definition) is 4. The predicted octanol–water partition coefficient (Wildman–Crippen LogP) is 2.48. The molecule has 1 unspecified atom stereocenters. The van der Waals surface area contributed by atoms with Crippen LogP contribution in [-0.2, 0) is 0 Å². The molecular formula is C15H15Cl2FN4O. The number of benzene rings is 1. The molecule has 1 aromatic heterocycles. The normalized spacial score (nSPS) is 17.5. The molecule has 2 aromatic rings. The molecular weight excluding hydrogens is 342 g/mol. The second kappa shape index (κ2) is 7.68. The summed E-state index contributed by atoms with van der Waals surface area (Å²) in [5, 5.41) is 3.43. The average molecular weight is 357 g/mol. The highest BCUT2D eigenvalue weighted by molar-refractivity contribution is 6.33. The lowest BCUT2D eigenvalue weighted by Crippen LogP contribution is -2.49. The Morgan fingerprint density at radius 1 is 1.43 bits per heavy atom. The van der Waals surface area contributed by atoms with E-state index in [2.05, 4.69) is 15.3 Å². The zero-order valence-electron chi connectivity index (χ0n) is 12.1. The molecule has 1 aromatic carbocycles. The van der Waals surface area contributed by atoms with Crippen LogP contribution < -0.4 is 5.32 Å². The van der Waals surface area contributed by atoms with Crippen molar-refractivity contribution in [3.05, 3.63) is 58.9 Å². The number of nitrogens with zero attached hydrogens (tertiary/aromatic N) is 3. The van der Waals surface area contributed by atoms with Gasteiger partial charge < -0.3 is 10.2 Å². The highest BCUT2D eigenvalue weighted by atomic mass is 35.5. The molecule has 0 spiro atoms. The van der Waals surface area contributed by atoms with Gasteiger partial charge in [-0.05, 0) is 17.7 Å². The standard InChI is InChI=1S/C15H14ClFN4O.ClH/c16-12-7-19-9-20-14(12)15(22)21-5-4-18-8-13(21)10-2-1-3-11(17)6-10;/h1-3,6-7,9,13,18H,4-5,8H2;1H. The maximum Gasteiger partial charge on any atom is 0.274 e. The molecule has 0 aliphatic carbocycles. The number of carbonyl (C=O) groups excluding carboxylic acids is 1. The van der Waals surface area contributed by atoms with Crippen LogP contribution >= 0.6 is 24.0 Å². The van der Waals surface area contributed by atoms with E-state index in [0.29, 0.717) is 19.6 Å². The molecule has 0 radical (unpaired) electrons. The second-order valence-electron chi connectivity index (χ2n) is 4.99.